The number of carbonyl (C=O) groups is 2. The number of aliphatic hydroxyl groups is 1. The summed E-state index contributed by atoms with van der Waals surface area (Å²) in [6.45, 7) is 2.56. The zero-order chi connectivity index (χ0) is 24.6. The average molecular weight is 477 g/mol. The normalized spacial score (nSPS) is 17.6. The summed E-state index contributed by atoms with van der Waals surface area (Å²) in [5.74, 6) is -0.294. The fourth-order valence-electron chi connectivity index (χ4n) is 4.38. The van der Waals surface area contributed by atoms with Crippen molar-refractivity contribution in [3.8, 4) is 0 Å². The third-order valence-electron chi connectivity index (χ3n) is 6.16. The molecule has 184 valence electrons. The predicted octanol–water partition coefficient (Wildman–Crippen LogP) is 4.16. The molecule has 0 spiro atoms. The van der Waals surface area contributed by atoms with E-state index < -0.39 is 6.29 Å². The highest BCUT2D eigenvalue weighted by Crippen LogP contribution is 2.36. The fraction of sp³-hybridized carbons (Fsp3) is 0.357. The number of hydrogen-bond acceptors (Lipinski definition) is 5. The van der Waals surface area contributed by atoms with E-state index in [1.807, 2.05) is 66.9 Å². The molecule has 0 saturated carbocycles. The van der Waals surface area contributed by atoms with Crippen LogP contribution in [0.5, 0.6) is 0 Å². The van der Waals surface area contributed by atoms with Gasteiger partial charge in [0, 0.05) is 44.0 Å². The number of nitrogens with zero attached hydrogens (tertiary/aromatic N) is 1. The number of fused-ring (bicyclic) bond motifs is 1. The minimum Gasteiger partial charge on any atom is -0.459 e. The summed E-state index contributed by atoms with van der Waals surface area (Å²) in [6, 6.07) is 17.7. The lowest BCUT2D eigenvalue weighted by Gasteiger charge is -2.29. The summed E-state index contributed by atoms with van der Waals surface area (Å²) in [5.41, 5.74) is 2.94. The van der Waals surface area contributed by atoms with Gasteiger partial charge in [0.2, 0.25) is 12.2 Å². The van der Waals surface area contributed by atoms with Crippen LogP contribution < -0.4 is 5.32 Å². The molecule has 0 fully saturated rings. The lowest BCUT2D eigenvalue weighted by Crippen LogP contribution is -2.34. The van der Waals surface area contributed by atoms with Gasteiger partial charge in [-0.3, -0.25) is 14.2 Å². The number of amides is 1. The Morgan fingerprint density at radius 1 is 1.11 bits per heavy atom. The lowest BCUT2D eigenvalue weighted by molar-refractivity contribution is -0.146. The van der Waals surface area contributed by atoms with E-state index in [1.54, 1.807) is 4.57 Å². The summed E-state index contributed by atoms with van der Waals surface area (Å²) in [7, 11) is 0. The molecule has 7 nitrogen and oxygen atoms in total. The second kappa shape index (κ2) is 11.8. The molecular weight excluding hydrogens is 444 g/mol. The zero-order valence-electron chi connectivity index (χ0n) is 20.0. The number of aromatic nitrogens is 1. The molecule has 1 aliphatic heterocycles. The topological polar surface area (TPSA) is 89.8 Å². The Bertz CT molecular complexity index is 1180. The number of aliphatic hydroxyl groups excluding tert-OH is 1. The quantitative estimate of drug-likeness (QED) is 0.429. The summed E-state index contributed by atoms with van der Waals surface area (Å²) in [6.07, 6.45) is 5.67. The van der Waals surface area contributed by atoms with Crippen LogP contribution in [0.25, 0.3) is 10.9 Å². The van der Waals surface area contributed by atoms with E-state index in [2.05, 4.69) is 5.32 Å². The average Bonchev–Trinajstić information content (AvgIpc) is 3.27. The second-order valence-corrected chi connectivity index (χ2v) is 8.70. The van der Waals surface area contributed by atoms with Gasteiger partial charge in [-0.15, -0.1) is 0 Å². The van der Waals surface area contributed by atoms with Crippen molar-refractivity contribution in [3.63, 3.8) is 0 Å². The van der Waals surface area contributed by atoms with Gasteiger partial charge < -0.3 is 19.9 Å². The minimum atomic E-state index is -0.599. The maximum atomic E-state index is 13.0. The van der Waals surface area contributed by atoms with E-state index in [4.69, 9.17) is 14.6 Å². The first-order valence-electron chi connectivity index (χ1n) is 12.1. The molecule has 0 unspecified atom stereocenters. The van der Waals surface area contributed by atoms with E-state index in [-0.39, 0.29) is 30.1 Å². The molecule has 1 amide bonds. The van der Waals surface area contributed by atoms with Gasteiger partial charge in [0.15, 0.2) is 5.76 Å². The SMILES string of the molecule is CC(=O)n1cc([C@@H]2C=C(C(=O)NCCc3ccccc3)O[C@H](OCCCCO)C2)c2ccccc21. The number of hydrogen-bond donors (Lipinski definition) is 2. The molecule has 2 aromatic carbocycles. The van der Waals surface area contributed by atoms with Gasteiger partial charge in [0.05, 0.1) is 12.1 Å². The van der Waals surface area contributed by atoms with E-state index in [1.165, 1.54) is 6.92 Å². The molecule has 2 N–H and O–H groups in total. The third kappa shape index (κ3) is 6.18. The maximum absolute atomic E-state index is 13.0. The molecule has 7 heteroatoms. The van der Waals surface area contributed by atoms with Crippen molar-refractivity contribution in [2.75, 3.05) is 19.8 Å². The van der Waals surface area contributed by atoms with Crippen molar-refractivity contribution >= 4 is 22.7 Å². The van der Waals surface area contributed by atoms with Gasteiger partial charge in [-0.25, -0.2) is 0 Å². The van der Waals surface area contributed by atoms with Crippen molar-refractivity contribution in [2.24, 2.45) is 0 Å². The zero-order valence-corrected chi connectivity index (χ0v) is 20.0. The van der Waals surface area contributed by atoms with Crippen molar-refractivity contribution in [3.05, 3.63) is 83.8 Å². The highest BCUT2D eigenvalue weighted by Gasteiger charge is 2.30. The molecule has 0 radical (unpaired) electrons. The van der Waals surface area contributed by atoms with Crippen LogP contribution in [0.1, 0.15) is 48.0 Å². The van der Waals surface area contributed by atoms with Crippen LogP contribution in [0.3, 0.4) is 0 Å². The van der Waals surface area contributed by atoms with Crippen LogP contribution in [-0.4, -0.2) is 47.5 Å². The van der Waals surface area contributed by atoms with Gasteiger partial charge in [0.1, 0.15) is 0 Å². The number of nitrogens with one attached hydrogen (secondary N) is 1. The second-order valence-electron chi connectivity index (χ2n) is 8.70. The van der Waals surface area contributed by atoms with E-state index in [0.717, 1.165) is 28.5 Å². The Balaban J connectivity index is 1.55. The van der Waals surface area contributed by atoms with Crippen LogP contribution in [0.15, 0.2) is 72.6 Å². The molecule has 4 rings (SSSR count). The van der Waals surface area contributed by atoms with Gasteiger partial charge in [-0.05, 0) is 42.5 Å². The Labute approximate surface area is 205 Å². The predicted molar refractivity (Wildman–Crippen MR) is 134 cm³/mol. The van der Waals surface area contributed by atoms with Crippen molar-refractivity contribution in [1.29, 1.82) is 0 Å². The van der Waals surface area contributed by atoms with Gasteiger partial charge in [0.25, 0.3) is 5.91 Å². The Hall–Kier alpha value is -3.42. The van der Waals surface area contributed by atoms with E-state index in [9.17, 15) is 9.59 Å². The first-order chi connectivity index (χ1) is 17.1. The fourth-order valence-corrected chi connectivity index (χ4v) is 4.38. The monoisotopic (exact) mass is 476 g/mol. The third-order valence-corrected chi connectivity index (χ3v) is 6.16. The number of rotatable bonds is 10. The first kappa shape index (κ1) is 24.7. The summed E-state index contributed by atoms with van der Waals surface area (Å²) < 4.78 is 13.5. The Morgan fingerprint density at radius 2 is 1.89 bits per heavy atom. The molecule has 2 atom stereocenters. The van der Waals surface area contributed by atoms with Crippen LogP contribution in [-0.2, 0) is 20.7 Å². The lowest BCUT2D eigenvalue weighted by atomic mass is 9.92. The molecule has 1 aromatic heterocycles. The molecular formula is C28H32N2O5. The number of para-hydroxylation sites is 1. The number of ether oxygens (including phenoxy) is 2. The number of benzene rings is 2. The van der Waals surface area contributed by atoms with Crippen LogP contribution in [0, 0.1) is 0 Å². The molecule has 2 heterocycles. The molecule has 3 aromatic rings. The Kier molecular flexibility index (Phi) is 8.34. The molecule has 0 bridgehead atoms. The largest absolute Gasteiger partial charge is 0.459 e. The van der Waals surface area contributed by atoms with Crippen LogP contribution >= 0.6 is 0 Å². The summed E-state index contributed by atoms with van der Waals surface area (Å²) in [4.78, 5) is 25.3. The van der Waals surface area contributed by atoms with Gasteiger partial charge in [-0.1, -0.05) is 48.5 Å². The van der Waals surface area contributed by atoms with Crippen LogP contribution in [0.4, 0.5) is 0 Å². The van der Waals surface area contributed by atoms with E-state index >= 15 is 0 Å². The molecule has 35 heavy (non-hydrogen) atoms. The number of carbonyl (C=O) groups excluding carboxylic acids is 2. The Morgan fingerprint density at radius 3 is 2.66 bits per heavy atom. The minimum absolute atomic E-state index is 0.0702. The van der Waals surface area contributed by atoms with Crippen molar-refractivity contribution < 1.29 is 24.2 Å². The molecule has 0 aliphatic carbocycles. The van der Waals surface area contributed by atoms with Crippen molar-refractivity contribution in [1.82, 2.24) is 9.88 Å². The van der Waals surface area contributed by atoms with E-state index in [0.29, 0.717) is 32.4 Å². The van der Waals surface area contributed by atoms with Crippen LogP contribution in [0.2, 0.25) is 0 Å². The number of unbranched alkanes of at least 4 members (excludes halogenated alkanes) is 1. The van der Waals surface area contributed by atoms with Gasteiger partial charge >= 0.3 is 0 Å². The highest BCUT2D eigenvalue weighted by atomic mass is 16.7. The first-order valence-corrected chi connectivity index (χ1v) is 12.1. The number of allylic oxidation sites excluding steroid dienone is 1. The van der Waals surface area contributed by atoms with Crippen molar-refractivity contribution in [2.45, 2.75) is 44.8 Å². The van der Waals surface area contributed by atoms with Gasteiger partial charge in [-0.2, -0.15) is 0 Å². The summed E-state index contributed by atoms with van der Waals surface area (Å²) >= 11 is 0. The molecule has 1 aliphatic rings. The maximum Gasteiger partial charge on any atom is 0.286 e. The molecule has 0 saturated heterocycles. The highest BCUT2D eigenvalue weighted by molar-refractivity contribution is 5.95. The smallest absolute Gasteiger partial charge is 0.286 e. The summed E-state index contributed by atoms with van der Waals surface area (Å²) in [5, 5.41) is 13.0. The standard InChI is InChI=1S/C28H32N2O5/c1-20(32)30-19-24(23-11-5-6-12-25(23)30)22-17-26(35-27(18-22)34-16-8-7-15-31)28(33)29-14-13-21-9-3-2-4-10-21/h2-6,9-12,17,19,22,27,31H,7-8,13-16,18H2,1H3,(H,29,33)/t22-,27+/m1/s1.